The molecule has 0 unspecified atom stereocenters. The van der Waals surface area contributed by atoms with Crippen LogP contribution in [0.4, 0.5) is 0 Å². The van der Waals surface area contributed by atoms with Gasteiger partial charge in [-0.15, -0.1) is 0 Å². The number of hydrogen-bond donors (Lipinski definition) is 0. The maximum Gasteiger partial charge on any atom is 0.500 e. The van der Waals surface area contributed by atoms with Gasteiger partial charge in [0, 0.05) is 11.5 Å². The molecule has 0 aliphatic carbocycles. The molecule has 1 fully saturated rings. The molecular weight excluding hydrogens is 317 g/mol. The lowest BCUT2D eigenvalue weighted by atomic mass is 9.80. The number of aromatic nitrogens is 1. The third-order valence-electron chi connectivity index (χ3n) is 4.79. The summed E-state index contributed by atoms with van der Waals surface area (Å²) in [5.74, 6) is 0.949. The molecule has 0 radical (unpaired) electrons. The van der Waals surface area contributed by atoms with E-state index in [9.17, 15) is 0 Å². The van der Waals surface area contributed by atoms with Gasteiger partial charge in [0.2, 0.25) is 11.8 Å². The molecule has 0 spiro atoms. The number of hydrogen-bond acceptors (Lipinski definition) is 5. The number of benzene rings is 1. The second-order valence-electron chi connectivity index (χ2n) is 7.11. The first-order valence-electron chi connectivity index (χ1n) is 8.40. The van der Waals surface area contributed by atoms with Crippen LogP contribution < -0.4 is 14.9 Å². The van der Waals surface area contributed by atoms with Crippen LogP contribution in [0.15, 0.2) is 42.5 Å². The summed E-state index contributed by atoms with van der Waals surface area (Å²) in [5.41, 5.74) is 1.02. The Morgan fingerprint density at radius 3 is 2.20 bits per heavy atom. The predicted octanol–water partition coefficient (Wildman–Crippen LogP) is 2.97. The molecule has 132 valence electrons. The first kappa shape index (κ1) is 17.8. The topological polar surface area (TPSA) is 49.8 Å². The summed E-state index contributed by atoms with van der Waals surface area (Å²) < 4.78 is 23.4. The highest BCUT2D eigenvalue weighted by molar-refractivity contribution is 6.63. The number of rotatable bonds is 5. The van der Waals surface area contributed by atoms with Crippen LogP contribution in [0.5, 0.6) is 11.8 Å². The third-order valence-corrected chi connectivity index (χ3v) is 4.79. The summed E-state index contributed by atoms with van der Waals surface area (Å²) in [7, 11) is 1.06. The van der Waals surface area contributed by atoms with E-state index in [1.54, 1.807) is 7.11 Å². The highest BCUT2D eigenvalue weighted by atomic mass is 16.7. The van der Waals surface area contributed by atoms with Crippen LogP contribution in [-0.2, 0) is 15.9 Å². The molecule has 1 aromatic carbocycles. The molecular formula is C19H24BNO4. The Kier molecular flexibility index (Phi) is 4.76. The van der Waals surface area contributed by atoms with Crippen LogP contribution >= 0.6 is 0 Å². The highest BCUT2D eigenvalue weighted by Crippen LogP contribution is 2.37. The van der Waals surface area contributed by atoms with Gasteiger partial charge < -0.3 is 18.8 Å². The van der Waals surface area contributed by atoms with Crippen molar-refractivity contribution in [2.45, 2.75) is 45.5 Å². The standard InChI is InChI=1S/C19H24BNO4/c1-18(2)19(3,4)25-20(24-18)15-11-12-16(21-17(15)22-5)23-13-14-9-7-6-8-10-14/h6-12H,13H2,1-5H3. The van der Waals surface area contributed by atoms with E-state index in [1.165, 1.54) is 0 Å². The van der Waals surface area contributed by atoms with Crippen molar-refractivity contribution < 1.29 is 18.8 Å². The van der Waals surface area contributed by atoms with Crippen LogP contribution in [0.1, 0.15) is 33.3 Å². The number of pyridine rings is 1. The summed E-state index contributed by atoms with van der Waals surface area (Å²) in [6.45, 7) is 8.52. The monoisotopic (exact) mass is 341 g/mol. The van der Waals surface area contributed by atoms with E-state index in [-0.39, 0.29) is 0 Å². The zero-order chi connectivity index (χ0) is 18.1. The van der Waals surface area contributed by atoms with Gasteiger partial charge in [0.25, 0.3) is 0 Å². The van der Waals surface area contributed by atoms with Gasteiger partial charge in [-0.05, 0) is 33.3 Å². The first-order valence-corrected chi connectivity index (χ1v) is 8.40. The molecule has 5 nitrogen and oxygen atoms in total. The highest BCUT2D eigenvalue weighted by Gasteiger charge is 2.52. The summed E-state index contributed by atoms with van der Waals surface area (Å²) in [6, 6.07) is 13.7. The second-order valence-corrected chi connectivity index (χ2v) is 7.11. The third kappa shape index (κ3) is 3.65. The largest absolute Gasteiger partial charge is 0.500 e. The van der Waals surface area contributed by atoms with Crippen molar-refractivity contribution in [3.8, 4) is 11.8 Å². The first-order chi connectivity index (χ1) is 11.8. The van der Waals surface area contributed by atoms with Gasteiger partial charge in [-0.25, -0.2) is 0 Å². The van der Waals surface area contributed by atoms with Crippen molar-refractivity contribution in [3.05, 3.63) is 48.0 Å². The van der Waals surface area contributed by atoms with Gasteiger partial charge in [-0.1, -0.05) is 36.4 Å². The zero-order valence-electron chi connectivity index (χ0n) is 15.4. The van der Waals surface area contributed by atoms with Gasteiger partial charge >= 0.3 is 7.12 Å². The molecule has 25 heavy (non-hydrogen) atoms. The predicted molar refractivity (Wildman–Crippen MR) is 97.3 cm³/mol. The Bertz CT molecular complexity index is 717. The average Bonchev–Trinajstić information content (AvgIpc) is 2.81. The van der Waals surface area contributed by atoms with Crippen LogP contribution in [0.3, 0.4) is 0 Å². The van der Waals surface area contributed by atoms with Crippen LogP contribution in [0.2, 0.25) is 0 Å². The Balaban J connectivity index is 1.76. The Morgan fingerprint density at radius 2 is 1.60 bits per heavy atom. The van der Waals surface area contributed by atoms with Crippen LogP contribution in [-0.4, -0.2) is 30.4 Å². The van der Waals surface area contributed by atoms with Crippen molar-refractivity contribution in [2.75, 3.05) is 7.11 Å². The Morgan fingerprint density at radius 1 is 0.960 bits per heavy atom. The van der Waals surface area contributed by atoms with Gasteiger partial charge in [0.15, 0.2) is 0 Å². The summed E-state index contributed by atoms with van der Waals surface area (Å²) in [6.07, 6.45) is 0. The Labute approximate surface area is 149 Å². The molecule has 0 atom stereocenters. The van der Waals surface area contributed by atoms with Gasteiger partial charge in [0.05, 0.1) is 18.3 Å². The van der Waals surface area contributed by atoms with E-state index in [1.807, 2.05) is 70.2 Å². The van der Waals surface area contributed by atoms with E-state index in [4.69, 9.17) is 18.8 Å². The molecule has 6 heteroatoms. The maximum absolute atomic E-state index is 6.08. The molecule has 1 aliphatic heterocycles. The molecule has 1 aromatic heterocycles. The lowest BCUT2D eigenvalue weighted by Gasteiger charge is -2.32. The van der Waals surface area contributed by atoms with E-state index in [0.717, 1.165) is 11.0 Å². The molecule has 3 rings (SSSR count). The van der Waals surface area contributed by atoms with Crippen LogP contribution in [0, 0.1) is 0 Å². The minimum Gasteiger partial charge on any atom is -0.481 e. The molecule has 0 bridgehead atoms. The van der Waals surface area contributed by atoms with E-state index in [0.29, 0.717) is 18.4 Å². The van der Waals surface area contributed by atoms with Gasteiger partial charge in [-0.2, -0.15) is 4.98 Å². The number of nitrogens with zero attached hydrogens (tertiary/aromatic N) is 1. The van der Waals surface area contributed by atoms with Crippen LogP contribution in [0.25, 0.3) is 0 Å². The SMILES string of the molecule is COc1nc(OCc2ccccc2)ccc1B1OC(C)(C)C(C)(C)O1. The number of ether oxygens (including phenoxy) is 2. The van der Waals surface area contributed by atoms with Crippen molar-refractivity contribution in [2.24, 2.45) is 0 Å². The quantitative estimate of drug-likeness (QED) is 0.783. The fourth-order valence-electron chi connectivity index (χ4n) is 2.56. The fourth-order valence-corrected chi connectivity index (χ4v) is 2.56. The second kappa shape index (κ2) is 6.69. The molecule has 0 N–H and O–H groups in total. The minimum atomic E-state index is -0.518. The van der Waals surface area contributed by atoms with E-state index in [2.05, 4.69) is 4.98 Å². The van der Waals surface area contributed by atoms with Crippen molar-refractivity contribution in [3.63, 3.8) is 0 Å². The Hall–Kier alpha value is -2.05. The van der Waals surface area contributed by atoms with Crippen molar-refractivity contribution in [1.82, 2.24) is 4.98 Å². The summed E-state index contributed by atoms with van der Waals surface area (Å²) >= 11 is 0. The fraction of sp³-hybridized carbons (Fsp3) is 0.421. The normalized spacial score (nSPS) is 18.2. The summed E-state index contributed by atoms with van der Waals surface area (Å²) in [5, 5.41) is 0. The van der Waals surface area contributed by atoms with Gasteiger partial charge in [-0.3, -0.25) is 0 Å². The average molecular weight is 341 g/mol. The lowest BCUT2D eigenvalue weighted by Crippen LogP contribution is -2.41. The number of methoxy groups -OCH3 is 1. The van der Waals surface area contributed by atoms with E-state index < -0.39 is 18.3 Å². The zero-order valence-corrected chi connectivity index (χ0v) is 15.4. The smallest absolute Gasteiger partial charge is 0.481 e. The molecule has 1 aliphatic rings. The van der Waals surface area contributed by atoms with Crippen molar-refractivity contribution >= 4 is 12.6 Å². The lowest BCUT2D eigenvalue weighted by molar-refractivity contribution is 0.00578. The van der Waals surface area contributed by atoms with Crippen molar-refractivity contribution in [1.29, 1.82) is 0 Å². The van der Waals surface area contributed by atoms with E-state index >= 15 is 0 Å². The van der Waals surface area contributed by atoms with Gasteiger partial charge in [0.1, 0.15) is 6.61 Å². The summed E-state index contributed by atoms with van der Waals surface area (Å²) in [4.78, 5) is 4.44. The minimum absolute atomic E-state index is 0.412. The molecule has 0 amide bonds. The molecule has 2 heterocycles. The maximum atomic E-state index is 6.08. The molecule has 0 saturated carbocycles. The molecule has 2 aromatic rings. The molecule has 1 saturated heterocycles.